The number of alkyl halides is 1. The minimum atomic E-state index is -0.0538. The van der Waals surface area contributed by atoms with E-state index in [1.165, 1.54) is 0 Å². The van der Waals surface area contributed by atoms with Crippen LogP contribution in [0.5, 0.6) is 0 Å². The molecule has 0 radical (unpaired) electrons. The van der Waals surface area contributed by atoms with Crippen LogP contribution in [0.1, 0.15) is 33.6 Å². The molecule has 13 heavy (non-hydrogen) atoms. The van der Waals surface area contributed by atoms with Crippen molar-refractivity contribution in [2.75, 3.05) is 5.88 Å². The smallest absolute Gasteiger partial charge is 0.223 e. The third kappa shape index (κ3) is 2.60. The summed E-state index contributed by atoms with van der Waals surface area (Å²) in [5.74, 6) is 1.17. The lowest BCUT2D eigenvalue weighted by Gasteiger charge is -2.20. The van der Waals surface area contributed by atoms with Crippen LogP contribution in [0.25, 0.3) is 0 Å². The van der Waals surface area contributed by atoms with Crippen LogP contribution in [0.15, 0.2) is 0 Å². The monoisotopic (exact) mass is 203 g/mol. The fourth-order valence-corrected chi connectivity index (χ4v) is 1.45. The minimum absolute atomic E-state index is 0.0538. The van der Waals surface area contributed by atoms with Gasteiger partial charge in [-0.3, -0.25) is 4.79 Å². The Morgan fingerprint density at radius 1 is 1.46 bits per heavy atom. The van der Waals surface area contributed by atoms with Crippen LogP contribution in [0.4, 0.5) is 0 Å². The van der Waals surface area contributed by atoms with Crippen molar-refractivity contribution in [1.29, 1.82) is 0 Å². The predicted octanol–water partition coefficient (Wildman–Crippen LogP) is 2.17. The lowest BCUT2D eigenvalue weighted by atomic mass is 9.97. The molecule has 0 spiro atoms. The number of amides is 1. The van der Waals surface area contributed by atoms with E-state index >= 15 is 0 Å². The number of hydrogen-bond donors (Lipinski definition) is 1. The van der Waals surface area contributed by atoms with E-state index in [9.17, 15) is 4.79 Å². The summed E-state index contributed by atoms with van der Waals surface area (Å²) in [7, 11) is 0. The van der Waals surface area contributed by atoms with Crippen LogP contribution < -0.4 is 5.32 Å². The van der Waals surface area contributed by atoms with Crippen molar-refractivity contribution >= 4 is 17.5 Å². The second kappa shape index (κ2) is 3.87. The number of carbonyl (C=O) groups is 1. The van der Waals surface area contributed by atoms with E-state index < -0.39 is 0 Å². The fourth-order valence-electron chi connectivity index (χ4n) is 1.12. The average Bonchev–Trinajstić information content (AvgIpc) is 2.84. The summed E-state index contributed by atoms with van der Waals surface area (Å²) in [4.78, 5) is 11.6. The van der Waals surface area contributed by atoms with Gasteiger partial charge in [0, 0.05) is 11.8 Å². The Morgan fingerprint density at radius 3 is 2.31 bits per heavy atom. The van der Waals surface area contributed by atoms with Gasteiger partial charge in [0.25, 0.3) is 0 Å². The van der Waals surface area contributed by atoms with Gasteiger partial charge >= 0.3 is 0 Å². The molecule has 76 valence electrons. The number of nitrogens with one attached hydrogen (secondary N) is 1. The van der Waals surface area contributed by atoms with Crippen molar-refractivity contribution in [3.05, 3.63) is 0 Å². The van der Waals surface area contributed by atoms with E-state index in [-0.39, 0.29) is 17.4 Å². The van der Waals surface area contributed by atoms with Gasteiger partial charge in [0.05, 0.1) is 5.54 Å². The van der Waals surface area contributed by atoms with Gasteiger partial charge in [-0.15, -0.1) is 11.6 Å². The Labute approximate surface area is 85.0 Å². The van der Waals surface area contributed by atoms with Crippen LogP contribution >= 0.6 is 11.6 Å². The van der Waals surface area contributed by atoms with Crippen molar-refractivity contribution in [2.45, 2.75) is 39.2 Å². The first-order valence-electron chi connectivity index (χ1n) is 4.89. The second-order valence-electron chi connectivity index (χ2n) is 4.44. The maximum atomic E-state index is 11.6. The van der Waals surface area contributed by atoms with E-state index in [0.29, 0.717) is 11.8 Å². The van der Waals surface area contributed by atoms with Gasteiger partial charge in [0.15, 0.2) is 0 Å². The van der Waals surface area contributed by atoms with Gasteiger partial charge < -0.3 is 5.32 Å². The zero-order valence-electron chi connectivity index (χ0n) is 8.56. The molecule has 0 bridgehead atoms. The summed E-state index contributed by atoms with van der Waals surface area (Å²) >= 11 is 5.77. The Morgan fingerprint density at radius 2 is 2.00 bits per heavy atom. The lowest BCUT2D eigenvalue weighted by molar-refractivity contribution is -0.126. The van der Waals surface area contributed by atoms with Crippen LogP contribution in [0.3, 0.4) is 0 Å². The molecule has 1 amide bonds. The number of halogens is 1. The first-order chi connectivity index (χ1) is 6.01. The molecule has 0 heterocycles. The molecule has 1 saturated carbocycles. The molecule has 0 aromatic rings. The Balaban J connectivity index is 2.41. The maximum Gasteiger partial charge on any atom is 0.223 e. The highest BCUT2D eigenvalue weighted by Crippen LogP contribution is 2.36. The van der Waals surface area contributed by atoms with Gasteiger partial charge in [0.1, 0.15) is 0 Å². The summed E-state index contributed by atoms with van der Waals surface area (Å²) in [5.41, 5.74) is -0.0538. The molecule has 1 aliphatic rings. The SMILES string of the molecule is CC(C)C(C)C(=O)NC1(CCl)CC1. The van der Waals surface area contributed by atoms with E-state index in [1.807, 2.05) is 6.92 Å². The highest BCUT2D eigenvalue weighted by Gasteiger charge is 2.43. The Hall–Kier alpha value is -0.240. The van der Waals surface area contributed by atoms with Gasteiger partial charge in [-0.05, 0) is 18.8 Å². The maximum absolute atomic E-state index is 11.6. The van der Waals surface area contributed by atoms with Crippen molar-refractivity contribution in [3.63, 3.8) is 0 Å². The molecule has 1 unspecified atom stereocenters. The Bertz CT molecular complexity index is 199. The molecule has 1 aliphatic carbocycles. The van der Waals surface area contributed by atoms with Crippen LogP contribution in [0.2, 0.25) is 0 Å². The highest BCUT2D eigenvalue weighted by molar-refractivity contribution is 6.19. The molecule has 2 nitrogen and oxygen atoms in total. The second-order valence-corrected chi connectivity index (χ2v) is 4.70. The molecule has 1 N–H and O–H groups in total. The minimum Gasteiger partial charge on any atom is -0.349 e. The van der Waals surface area contributed by atoms with Gasteiger partial charge in [0.2, 0.25) is 5.91 Å². The standard InChI is InChI=1S/C10H18ClNO/c1-7(2)8(3)9(13)12-10(6-11)4-5-10/h7-8H,4-6H2,1-3H3,(H,12,13). The molecule has 0 aromatic heterocycles. The van der Waals surface area contributed by atoms with Gasteiger partial charge in [-0.2, -0.15) is 0 Å². The molecule has 1 rings (SSSR count). The quantitative estimate of drug-likeness (QED) is 0.698. The molecule has 1 atom stereocenters. The number of rotatable bonds is 4. The molecule has 3 heteroatoms. The number of carbonyl (C=O) groups excluding carboxylic acids is 1. The van der Waals surface area contributed by atoms with Crippen LogP contribution in [-0.4, -0.2) is 17.3 Å². The average molecular weight is 204 g/mol. The summed E-state index contributed by atoms with van der Waals surface area (Å²) < 4.78 is 0. The molecular weight excluding hydrogens is 186 g/mol. The Kier molecular flexibility index (Phi) is 3.23. The first kappa shape index (κ1) is 10.8. The molecule has 0 saturated heterocycles. The van der Waals surface area contributed by atoms with Crippen molar-refractivity contribution in [3.8, 4) is 0 Å². The lowest BCUT2D eigenvalue weighted by Crippen LogP contribution is -2.42. The fraction of sp³-hybridized carbons (Fsp3) is 0.900. The highest BCUT2D eigenvalue weighted by atomic mass is 35.5. The molecule has 0 aliphatic heterocycles. The zero-order chi connectivity index (χ0) is 10.1. The normalized spacial score (nSPS) is 21.3. The van der Waals surface area contributed by atoms with E-state index in [0.717, 1.165) is 12.8 Å². The van der Waals surface area contributed by atoms with Crippen molar-refractivity contribution < 1.29 is 4.79 Å². The number of hydrogen-bond acceptors (Lipinski definition) is 1. The first-order valence-corrected chi connectivity index (χ1v) is 5.42. The van der Waals surface area contributed by atoms with E-state index in [1.54, 1.807) is 0 Å². The van der Waals surface area contributed by atoms with Gasteiger partial charge in [-0.1, -0.05) is 20.8 Å². The third-order valence-electron chi connectivity index (χ3n) is 2.91. The molecular formula is C10H18ClNO. The topological polar surface area (TPSA) is 29.1 Å². The zero-order valence-corrected chi connectivity index (χ0v) is 9.32. The summed E-state index contributed by atoms with van der Waals surface area (Å²) in [6.07, 6.45) is 2.07. The predicted molar refractivity (Wildman–Crippen MR) is 54.8 cm³/mol. The summed E-state index contributed by atoms with van der Waals surface area (Å²) in [6, 6.07) is 0. The van der Waals surface area contributed by atoms with Crippen LogP contribution in [0, 0.1) is 11.8 Å². The molecule has 1 fully saturated rings. The summed E-state index contributed by atoms with van der Waals surface area (Å²) in [6.45, 7) is 6.08. The van der Waals surface area contributed by atoms with E-state index in [2.05, 4.69) is 19.2 Å². The summed E-state index contributed by atoms with van der Waals surface area (Å²) in [5, 5.41) is 3.03. The van der Waals surface area contributed by atoms with Gasteiger partial charge in [-0.25, -0.2) is 0 Å². The van der Waals surface area contributed by atoms with Crippen LogP contribution in [-0.2, 0) is 4.79 Å². The molecule has 0 aromatic carbocycles. The van der Waals surface area contributed by atoms with Crippen molar-refractivity contribution in [2.24, 2.45) is 11.8 Å². The largest absolute Gasteiger partial charge is 0.349 e. The van der Waals surface area contributed by atoms with Crippen molar-refractivity contribution in [1.82, 2.24) is 5.32 Å². The third-order valence-corrected chi connectivity index (χ3v) is 3.42. The van der Waals surface area contributed by atoms with E-state index in [4.69, 9.17) is 11.6 Å².